The van der Waals surface area contributed by atoms with Crippen molar-refractivity contribution in [2.75, 3.05) is 6.26 Å². The van der Waals surface area contributed by atoms with E-state index in [4.69, 9.17) is 15.9 Å². The Morgan fingerprint density at radius 1 is 1.42 bits per heavy atom. The zero-order valence-electron chi connectivity index (χ0n) is 6.56. The van der Waals surface area contributed by atoms with Gasteiger partial charge in [-0.3, -0.25) is 9.59 Å². The molecule has 12 heavy (non-hydrogen) atoms. The van der Waals surface area contributed by atoms with Crippen LogP contribution in [0.1, 0.15) is 6.42 Å². The molecule has 0 fully saturated rings. The summed E-state index contributed by atoms with van der Waals surface area (Å²) in [6.07, 6.45) is 1.55. The average molecular weight is 193 g/mol. The van der Waals surface area contributed by atoms with Gasteiger partial charge in [0.1, 0.15) is 11.3 Å². The minimum absolute atomic E-state index is 0.0498. The molecule has 0 aromatic rings. The standard InChI is InChI=1S/C6H11NO4S/c1-12-4(6(10)11)2-3(7)5(8)9/h3-4H,2,7H2,1H3,(H,8,9)(H,10,11). The van der Waals surface area contributed by atoms with Gasteiger partial charge in [0.15, 0.2) is 0 Å². The smallest absolute Gasteiger partial charge is 0.320 e. The number of hydrogen-bond acceptors (Lipinski definition) is 4. The molecule has 0 heterocycles. The molecular formula is C6H11NO4S. The molecule has 0 aromatic heterocycles. The van der Waals surface area contributed by atoms with Crippen molar-refractivity contribution in [2.24, 2.45) is 5.73 Å². The summed E-state index contributed by atoms with van der Waals surface area (Å²) in [6, 6.07) is -1.10. The maximum absolute atomic E-state index is 10.4. The Kier molecular flexibility index (Phi) is 4.68. The normalized spacial score (nSPS) is 15.2. The molecule has 0 spiro atoms. The lowest BCUT2D eigenvalue weighted by molar-refractivity contribution is -0.139. The summed E-state index contributed by atoms with van der Waals surface area (Å²) in [5.41, 5.74) is 5.15. The molecule has 0 radical (unpaired) electrons. The summed E-state index contributed by atoms with van der Waals surface area (Å²) < 4.78 is 0. The van der Waals surface area contributed by atoms with Gasteiger partial charge in [-0.15, -0.1) is 0 Å². The molecule has 4 N–H and O–H groups in total. The van der Waals surface area contributed by atoms with Crippen LogP contribution < -0.4 is 5.73 Å². The van der Waals surface area contributed by atoms with E-state index in [0.29, 0.717) is 0 Å². The second-order valence-corrected chi connectivity index (χ2v) is 3.28. The minimum atomic E-state index is -1.17. The Balaban J connectivity index is 4.02. The van der Waals surface area contributed by atoms with Crippen molar-refractivity contribution in [3.05, 3.63) is 0 Å². The van der Waals surface area contributed by atoms with Gasteiger partial charge in [0, 0.05) is 0 Å². The van der Waals surface area contributed by atoms with Gasteiger partial charge in [-0.05, 0) is 12.7 Å². The van der Waals surface area contributed by atoms with E-state index in [0.717, 1.165) is 11.8 Å². The Hall–Kier alpha value is -0.750. The molecule has 0 aliphatic rings. The quantitative estimate of drug-likeness (QED) is 0.549. The third-order valence-corrected chi connectivity index (χ3v) is 2.31. The fourth-order valence-electron chi connectivity index (χ4n) is 0.629. The summed E-state index contributed by atoms with van der Waals surface area (Å²) in [4.78, 5) is 20.7. The zero-order valence-corrected chi connectivity index (χ0v) is 7.37. The molecule has 0 bridgehead atoms. The van der Waals surface area contributed by atoms with Crippen molar-refractivity contribution in [1.82, 2.24) is 0 Å². The predicted octanol–water partition coefficient (Wildman–Crippen LogP) is -0.395. The third kappa shape index (κ3) is 3.59. The van der Waals surface area contributed by atoms with Crippen LogP contribution in [-0.4, -0.2) is 39.7 Å². The van der Waals surface area contributed by atoms with E-state index in [9.17, 15) is 9.59 Å². The van der Waals surface area contributed by atoms with E-state index in [-0.39, 0.29) is 6.42 Å². The summed E-state index contributed by atoms with van der Waals surface area (Å²) in [7, 11) is 0. The molecule has 70 valence electrons. The van der Waals surface area contributed by atoms with Crippen LogP contribution >= 0.6 is 11.8 Å². The summed E-state index contributed by atoms with van der Waals surface area (Å²) in [5.74, 6) is -2.20. The SMILES string of the molecule is CSC(CC(N)C(=O)O)C(=O)O. The molecule has 0 aliphatic heterocycles. The van der Waals surface area contributed by atoms with E-state index in [2.05, 4.69) is 0 Å². The number of thioether (sulfide) groups is 1. The third-order valence-electron chi connectivity index (χ3n) is 1.35. The number of carbonyl (C=O) groups is 2. The van der Waals surface area contributed by atoms with E-state index in [1.807, 2.05) is 0 Å². The van der Waals surface area contributed by atoms with Gasteiger partial charge in [0.2, 0.25) is 0 Å². The van der Waals surface area contributed by atoms with E-state index in [1.54, 1.807) is 6.26 Å². The van der Waals surface area contributed by atoms with Gasteiger partial charge < -0.3 is 15.9 Å². The average Bonchev–Trinajstić information content (AvgIpc) is 1.98. The van der Waals surface area contributed by atoms with Crippen molar-refractivity contribution in [2.45, 2.75) is 17.7 Å². The molecule has 5 nitrogen and oxygen atoms in total. The summed E-state index contributed by atoms with van der Waals surface area (Å²) >= 11 is 1.08. The first kappa shape index (κ1) is 11.2. The predicted molar refractivity (Wildman–Crippen MR) is 45.2 cm³/mol. The largest absolute Gasteiger partial charge is 0.480 e. The zero-order chi connectivity index (χ0) is 9.72. The first-order valence-corrected chi connectivity index (χ1v) is 4.51. The van der Waals surface area contributed by atoms with Crippen LogP contribution in [0.25, 0.3) is 0 Å². The van der Waals surface area contributed by atoms with E-state index in [1.165, 1.54) is 0 Å². The van der Waals surface area contributed by atoms with Crippen molar-refractivity contribution in [3.63, 3.8) is 0 Å². The highest BCUT2D eigenvalue weighted by Crippen LogP contribution is 2.12. The number of nitrogens with two attached hydrogens (primary N) is 1. The lowest BCUT2D eigenvalue weighted by Gasteiger charge is -2.11. The van der Waals surface area contributed by atoms with Crippen molar-refractivity contribution in [1.29, 1.82) is 0 Å². The lowest BCUT2D eigenvalue weighted by Crippen LogP contribution is -2.35. The molecule has 6 heteroatoms. The van der Waals surface area contributed by atoms with Crippen molar-refractivity contribution >= 4 is 23.7 Å². The number of hydrogen-bond donors (Lipinski definition) is 3. The molecule has 0 aliphatic carbocycles. The monoisotopic (exact) mass is 193 g/mol. The van der Waals surface area contributed by atoms with Crippen LogP contribution in [0, 0.1) is 0 Å². The van der Waals surface area contributed by atoms with Gasteiger partial charge >= 0.3 is 11.9 Å². The highest BCUT2D eigenvalue weighted by atomic mass is 32.2. The molecule has 0 saturated carbocycles. The topological polar surface area (TPSA) is 101 Å². The van der Waals surface area contributed by atoms with Crippen molar-refractivity contribution in [3.8, 4) is 0 Å². The fraction of sp³-hybridized carbons (Fsp3) is 0.667. The summed E-state index contributed by atoms with van der Waals surface area (Å²) in [6.45, 7) is 0. The second kappa shape index (κ2) is 5.00. The number of carboxylic acids is 2. The van der Waals surface area contributed by atoms with E-state index >= 15 is 0 Å². The highest BCUT2D eigenvalue weighted by molar-refractivity contribution is 7.99. The maximum Gasteiger partial charge on any atom is 0.320 e. The van der Waals surface area contributed by atoms with Crippen LogP contribution in [-0.2, 0) is 9.59 Å². The van der Waals surface area contributed by atoms with Gasteiger partial charge in [-0.1, -0.05) is 0 Å². The maximum atomic E-state index is 10.4. The van der Waals surface area contributed by atoms with Crippen LogP contribution in [0.4, 0.5) is 0 Å². The van der Waals surface area contributed by atoms with Crippen LogP contribution in [0.2, 0.25) is 0 Å². The van der Waals surface area contributed by atoms with Crippen LogP contribution in [0.3, 0.4) is 0 Å². The molecule has 0 amide bonds. The van der Waals surface area contributed by atoms with Crippen molar-refractivity contribution < 1.29 is 19.8 Å². The van der Waals surface area contributed by atoms with Gasteiger partial charge in [-0.25, -0.2) is 0 Å². The highest BCUT2D eigenvalue weighted by Gasteiger charge is 2.22. The summed E-state index contributed by atoms with van der Waals surface area (Å²) in [5, 5.41) is 16.2. The fourth-order valence-corrected chi connectivity index (χ4v) is 1.23. The Bertz CT molecular complexity index is 184. The molecule has 0 aromatic carbocycles. The Morgan fingerprint density at radius 3 is 2.17 bits per heavy atom. The lowest BCUT2D eigenvalue weighted by atomic mass is 10.2. The molecule has 2 unspecified atom stereocenters. The Labute approximate surface area is 73.9 Å². The minimum Gasteiger partial charge on any atom is -0.480 e. The van der Waals surface area contributed by atoms with E-state index < -0.39 is 23.2 Å². The number of rotatable bonds is 5. The molecule has 0 rings (SSSR count). The first-order chi connectivity index (χ1) is 5.49. The van der Waals surface area contributed by atoms with Crippen LogP contribution in [0.15, 0.2) is 0 Å². The number of carboxylic acid groups (broad SMARTS) is 2. The second-order valence-electron chi connectivity index (χ2n) is 2.24. The van der Waals surface area contributed by atoms with Gasteiger partial charge in [-0.2, -0.15) is 11.8 Å². The molecule has 2 atom stereocenters. The number of aliphatic carboxylic acids is 2. The Morgan fingerprint density at radius 2 is 1.92 bits per heavy atom. The molecular weight excluding hydrogens is 182 g/mol. The van der Waals surface area contributed by atoms with Gasteiger partial charge in [0.25, 0.3) is 0 Å². The first-order valence-electron chi connectivity index (χ1n) is 3.23. The van der Waals surface area contributed by atoms with Crippen LogP contribution in [0.5, 0.6) is 0 Å². The van der Waals surface area contributed by atoms with Gasteiger partial charge in [0.05, 0.1) is 0 Å². The molecule has 0 saturated heterocycles.